The fourth-order valence-corrected chi connectivity index (χ4v) is 0.964. The molecule has 0 N–H and O–H groups in total. The molecule has 0 bridgehead atoms. The van der Waals surface area contributed by atoms with Crippen LogP contribution in [0.5, 0.6) is 0 Å². The highest BCUT2D eigenvalue weighted by atomic mass is 19.4. The van der Waals surface area contributed by atoms with Gasteiger partial charge < -0.3 is 4.90 Å². The van der Waals surface area contributed by atoms with Gasteiger partial charge in [-0.2, -0.15) is 22.0 Å². The Morgan fingerprint density at radius 1 is 1.07 bits per heavy atom. The van der Waals surface area contributed by atoms with Crippen LogP contribution >= 0.6 is 0 Å². The maximum atomic E-state index is 12.4. The lowest BCUT2D eigenvalue weighted by molar-refractivity contribution is -0.273. The van der Waals surface area contributed by atoms with Gasteiger partial charge >= 0.3 is 18.0 Å². The summed E-state index contributed by atoms with van der Waals surface area (Å²) in [6.07, 6.45) is -3.12. The van der Waals surface area contributed by atoms with E-state index in [1.165, 1.54) is 12.2 Å². The van der Waals surface area contributed by atoms with Crippen LogP contribution in [0.25, 0.3) is 0 Å². The number of halogens is 5. The fraction of sp³-hybridized carbons (Fsp3) is 0.571. The second-order valence-electron chi connectivity index (χ2n) is 2.75. The summed E-state index contributed by atoms with van der Waals surface area (Å²) in [5.41, 5.74) is 0. The zero-order chi connectivity index (χ0) is 11.0. The molecule has 0 saturated carbocycles. The Balaban J connectivity index is 2.77. The van der Waals surface area contributed by atoms with E-state index in [-0.39, 0.29) is 13.1 Å². The number of hydrogen-bond donors (Lipinski definition) is 0. The van der Waals surface area contributed by atoms with Gasteiger partial charge in [0.05, 0.1) is 0 Å². The molecule has 1 heterocycles. The van der Waals surface area contributed by atoms with Crippen molar-refractivity contribution in [2.75, 3.05) is 13.1 Å². The quantitative estimate of drug-likeness (QED) is 0.480. The average Bonchev–Trinajstić information content (AvgIpc) is 2.52. The zero-order valence-corrected chi connectivity index (χ0v) is 6.81. The molecule has 0 unspecified atom stereocenters. The molecular weight excluding hydrogens is 209 g/mol. The molecular formula is C7H6F5NO. The van der Waals surface area contributed by atoms with E-state index in [1.54, 1.807) is 0 Å². The minimum Gasteiger partial charge on any atom is -0.330 e. The number of carbonyl (C=O) groups excluding carboxylic acids is 1. The molecule has 0 aromatic heterocycles. The lowest BCUT2D eigenvalue weighted by Gasteiger charge is -2.24. The summed E-state index contributed by atoms with van der Waals surface area (Å²) in [7, 11) is 0. The Morgan fingerprint density at radius 2 is 1.50 bits per heavy atom. The minimum absolute atomic E-state index is 0.204. The highest BCUT2D eigenvalue weighted by Gasteiger charge is 2.64. The van der Waals surface area contributed by atoms with Crippen LogP contribution in [0.15, 0.2) is 12.2 Å². The summed E-state index contributed by atoms with van der Waals surface area (Å²) in [4.78, 5) is 11.2. The van der Waals surface area contributed by atoms with E-state index >= 15 is 0 Å². The standard InChI is InChI=1S/C7H6F5NO/c8-6(9,7(10,11)12)5(14)13-3-1-2-4-13/h1-2H,3-4H2. The minimum atomic E-state index is -5.83. The van der Waals surface area contributed by atoms with Crippen LogP contribution in [0.2, 0.25) is 0 Å². The smallest absolute Gasteiger partial charge is 0.330 e. The van der Waals surface area contributed by atoms with E-state index < -0.39 is 18.0 Å². The van der Waals surface area contributed by atoms with Gasteiger partial charge in [-0.25, -0.2) is 0 Å². The van der Waals surface area contributed by atoms with Crippen molar-refractivity contribution in [3.8, 4) is 0 Å². The van der Waals surface area contributed by atoms with Crippen molar-refractivity contribution in [3.63, 3.8) is 0 Å². The maximum absolute atomic E-state index is 12.4. The normalized spacial score (nSPS) is 17.6. The number of nitrogens with zero attached hydrogens (tertiary/aromatic N) is 1. The lowest BCUT2D eigenvalue weighted by atomic mass is 10.3. The molecule has 0 atom stereocenters. The third kappa shape index (κ3) is 1.71. The Hall–Kier alpha value is -1.14. The van der Waals surface area contributed by atoms with Gasteiger partial charge in [-0.3, -0.25) is 4.79 Å². The van der Waals surface area contributed by atoms with E-state index in [0.29, 0.717) is 4.90 Å². The molecule has 1 aliphatic rings. The van der Waals surface area contributed by atoms with Crippen LogP contribution < -0.4 is 0 Å². The number of rotatable bonds is 1. The molecule has 0 spiro atoms. The molecule has 0 aliphatic carbocycles. The van der Waals surface area contributed by atoms with Crippen molar-refractivity contribution in [2.45, 2.75) is 12.1 Å². The summed E-state index contributed by atoms with van der Waals surface area (Å²) >= 11 is 0. The van der Waals surface area contributed by atoms with E-state index in [2.05, 4.69) is 0 Å². The monoisotopic (exact) mass is 215 g/mol. The second-order valence-corrected chi connectivity index (χ2v) is 2.75. The van der Waals surface area contributed by atoms with E-state index in [9.17, 15) is 26.7 Å². The highest BCUT2D eigenvalue weighted by molar-refractivity contribution is 5.85. The first-order valence-corrected chi connectivity index (χ1v) is 3.65. The van der Waals surface area contributed by atoms with Gasteiger partial charge in [0.15, 0.2) is 0 Å². The predicted octanol–water partition coefficient (Wildman–Crippen LogP) is 1.58. The van der Waals surface area contributed by atoms with Crippen LogP contribution in [0, 0.1) is 0 Å². The summed E-state index contributed by atoms with van der Waals surface area (Å²) in [5, 5.41) is 0. The van der Waals surface area contributed by atoms with E-state index in [0.717, 1.165) is 0 Å². The lowest BCUT2D eigenvalue weighted by Crippen LogP contribution is -2.51. The summed E-state index contributed by atoms with van der Waals surface area (Å²) in [6.45, 7) is -0.408. The molecule has 2 nitrogen and oxygen atoms in total. The first-order valence-electron chi connectivity index (χ1n) is 3.65. The number of carbonyl (C=O) groups is 1. The summed E-state index contributed by atoms with van der Waals surface area (Å²) in [6, 6.07) is 0. The van der Waals surface area contributed by atoms with Crippen LogP contribution in [0.1, 0.15) is 0 Å². The van der Waals surface area contributed by atoms with Gasteiger partial charge in [0.25, 0.3) is 0 Å². The Morgan fingerprint density at radius 3 is 1.86 bits per heavy atom. The molecule has 0 aromatic carbocycles. The van der Waals surface area contributed by atoms with Crippen molar-refractivity contribution in [3.05, 3.63) is 12.2 Å². The van der Waals surface area contributed by atoms with Crippen LogP contribution in [-0.4, -0.2) is 36.0 Å². The second kappa shape index (κ2) is 3.21. The molecule has 1 aliphatic heterocycles. The van der Waals surface area contributed by atoms with E-state index in [4.69, 9.17) is 0 Å². The zero-order valence-electron chi connectivity index (χ0n) is 6.81. The van der Waals surface area contributed by atoms with Crippen molar-refractivity contribution in [1.82, 2.24) is 4.90 Å². The first kappa shape index (κ1) is 10.9. The van der Waals surface area contributed by atoms with Crippen molar-refractivity contribution >= 4 is 5.91 Å². The predicted molar refractivity (Wildman–Crippen MR) is 36.7 cm³/mol. The van der Waals surface area contributed by atoms with Crippen LogP contribution in [0.4, 0.5) is 22.0 Å². The molecule has 1 rings (SSSR count). The summed E-state index contributed by atoms with van der Waals surface area (Å²) < 4.78 is 60.0. The van der Waals surface area contributed by atoms with Gasteiger partial charge in [-0.1, -0.05) is 12.2 Å². The average molecular weight is 215 g/mol. The highest BCUT2D eigenvalue weighted by Crippen LogP contribution is 2.37. The molecule has 1 amide bonds. The largest absolute Gasteiger partial charge is 0.463 e. The van der Waals surface area contributed by atoms with Gasteiger partial charge in [-0.15, -0.1) is 0 Å². The number of alkyl halides is 5. The Kier molecular flexibility index (Phi) is 2.51. The van der Waals surface area contributed by atoms with Gasteiger partial charge in [0.2, 0.25) is 0 Å². The molecule has 7 heteroatoms. The molecule has 0 fully saturated rings. The topological polar surface area (TPSA) is 20.3 Å². The van der Waals surface area contributed by atoms with Crippen LogP contribution in [0.3, 0.4) is 0 Å². The Bertz CT molecular complexity index is 262. The molecule has 14 heavy (non-hydrogen) atoms. The SMILES string of the molecule is O=C(N1CC=CC1)C(F)(F)C(F)(F)F. The third-order valence-corrected chi connectivity index (χ3v) is 1.73. The molecule has 0 aromatic rings. The maximum Gasteiger partial charge on any atom is 0.463 e. The molecule has 80 valence electrons. The van der Waals surface area contributed by atoms with Crippen molar-refractivity contribution in [1.29, 1.82) is 0 Å². The molecule has 0 saturated heterocycles. The van der Waals surface area contributed by atoms with E-state index in [1.807, 2.05) is 0 Å². The van der Waals surface area contributed by atoms with Crippen molar-refractivity contribution in [2.24, 2.45) is 0 Å². The summed E-state index contributed by atoms with van der Waals surface area (Å²) in [5.74, 6) is -7.49. The molecule has 0 radical (unpaired) electrons. The van der Waals surface area contributed by atoms with Crippen molar-refractivity contribution < 1.29 is 26.7 Å². The van der Waals surface area contributed by atoms with Gasteiger partial charge in [0.1, 0.15) is 0 Å². The van der Waals surface area contributed by atoms with Gasteiger partial charge in [0, 0.05) is 13.1 Å². The van der Waals surface area contributed by atoms with Gasteiger partial charge in [-0.05, 0) is 0 Å². The fourth-order valence-electron chi connectivity index (χ4n) is 0.964. The first-order chi connectivity index (χ1) is 6.27. The number of hydrogen-bond acceptors (Lipinski definition) is 1. The Labute approximate surface area is 76.0 Å². The third-order valence-electron chi connectivity index (χ3n) is 1.73. The number of amides is 1. The van der Waals surface area contributed by atoms with Crippen LogP contribution in [-0.2, 0) is 4.79 Å².